The number of hydrogen-bond donors (Lipinski definition) is 6. The number of pyridine rings is 1. The molecule has 1 amide bonds. The molecule has 8 rings (SSSR count). The predicted molar refractivity (Wildman–Crippen MR) is 307 cm³/mol. The molecule has 454 valence electrons. The largest absolute Gasteiger partial charge is 0.493 e. The van der Waals surface area contributed by atoms with E-state index in [1.165, 1.54) is 36.4 Å². The zero-order chi connectivity index (χ0) is 63.8. The maximum absolute atomic E-state index is 12.5. The summed E-state index contributed by atoms with van der Waals surface area (Å²) in [4.78, 5) is 19.8. The summed E-state index contributed by atoms with van der Waals surface area (Å²) in [6.45, 7) is 5.94. The number of nitriles is 1. The van der Waals surface area contributed by atoms with Crippen LogP contribution in [-0.2, 0) is 66.5 Å². The van der Waals surface area contributed by atoms with Gasteiger partial charge in [0, 0.05) is 34.5 Å². The lowest BCUT2D eigenvalue weighted by Gasteiger charge is -2.12. The standard InChI is InChI=1S/C46H41N11O15S6.2O3S/c1-23-15-35(53-55-41-25(3)31(22-47)44-49-34-18-28(48-26(4)58)8-10-37(34)57(44)45(41)59)38(72-11-5-13-75(60,61)62)20-32(23)51-54-36-16-24(2)33(21-39(36)73-12-6-14-76(63,64)65)52-56-46-50-42-40(78(69,70)71)17-27-7-9-29(77(66,67)68)19-30(27)43(42)74-46;2*1-4(2)3/h7-10,15-21,59H,5-6,11-14H2,1-4H3,(H,48,58)(H,60,61,62)(H,63,64,65)(H,66,67,68)(H,69,70,71);;. The van der Waals surface area contributed by atoms with E-state index in [9.17, 15) is 67.0 Å². The number of carbonyl (C=O) groups excluding carboxylic acids is 1. The first-order valence-corrected chi connectivity index (χ1v) is 33.4. The number of fused-ring (bicyclic) bond motifs is 6. The fourth-order valence-electron chi connectivity index (χ4n) is 7.76. The van der Waals surface area contributed by atoms with E-state index in [2.05, 4.69) is 52.0 Å². The highest BCUT2D eigenvalue weighted by molar-refractivity contribution is 7.99. The highest BCUT2D eigenvalue weighted by atomic mass is 32.2. The summed E-state index contributed by atoms with van der Waals surface area (Å²) in [5.41, 5.74) is 2.84. The Kier molecular flexibility index (Phi) is 21.4. The predicted octanol–water partition coefficient (Wildman–Crippen LogP) is 8.47. The summed E-state index contributed by atoms with van der Waals surface area (Å²) in [5.74, 6) is -1.78. The van der Waals surface area contributed by atoms with Gasteiger partial charge in [-0.05, 0) is 110 Å². The molecule has 0 aliphatic heterocycles. The molecule has 0 saturated heterocycles. The number of thiazole rings is 1. The second-order valence-corrected chi connectivity index (χ2v) is 26.4. The molecule has 40 heteroatoms. The van der Waals surface area contributed by atoms with E-state index in [4.69, 9.17) is 30.0 Å². The molecule has 0 atom stereocenters. The first-order chi connectivity index (χ1) is 40.0. The smallest absolute Gasteiger partial charge is 0.425 e. The lowest BCUT2D eigenvalue weighted by molar-refractivity contribution is -0.114. The van der Waals surface area contributed by atoms with Gasteiger partial charge in [0.2, 0.25) is 16.9 Å². The number of hydrogen-bond acceptors (Lipinski definition) is 28. The Bertz CT molecular complexity index is 4900. The Morgan fingerprint density at radius 3 is 1.93 bits per heavy atom. The zero-order valence-corrected chi connectivity index (χ0v) is 50.6. The summed E-state index contributed by atoms with van der Waals surface area (Å²) >= 11 is 1.94. The van der Waals surface area contributed by atoms with Gasteiger partial charge in [0.25, 0.3) is 40.5 Å². The fourth-order valence-corrected chi connectivity index (χ4v) is 12.1. The average Bonchev–Trinajstić information content (AvgIpc) is 1.56. The summed E-state index contributed by atoms with van der Waals surface area (Å²) in [6, 6.07) is 17.5. The Balaban J connectivity index is 0.00000139. The number of amides is 1. The van der Waals surface area contributed by atoms with Crippen molar-refractivity contribution in [2.24, 2.45) is 30.7 Å². The zero-order valence-electron chi connectivity index (χ0n) is 44.1. The van der Waals surface area contributed by atoms with E-state index in [1.807, 2.05) is 0 Å². The number of aromatic hydroxyl groups is 1. The molecule has 5 aromatic carbocycles. The second kappa shape index (κ2) is 27.4. The molecule has 8 aromatic rings. The number of ether oxygens (including phenoxy) is 1. The van der Waals surface area contributed by atoms with Crippen molar-refractivity contribution in [3.8, 4) is 17.7 Å². The third-order valence-corrected chi connectivity index (χ3v) is 16.8. The van der Waals surface area contributed by atoms with Crippen LogP contribution in [0.2, 0.25) is 0 Å². The van der Waals surface area contributed by atoms with Gasteiger partial charge >= 0.3 is 21.2 Å². The third kappa shape index (κ3) is 17.7. The molecule has 3 aromatic heterocycles. The number of rotatable bonds is 19. The quantitative estimate of drug-likeness (QED) is 0.0191. The topological polar surface area (TPSA) is 507 Å². The Morgan fingerprint density at radius 2 is 1.33 bits per heavy atom. The Morgan fingerprint density at radius 1 is 0.733 bits per heavy atom. The van der Waals surface area contributed by atoms with Gasteiger partial charge in [-0.1, -0.05) is 17.4 Å². The molecule has 0 spiro atoms. The molecule has 0 unspecified atom stereocenters. The van der Waals surface area contributed by atoms with Crippen LogP contribution in [0, 0.1) is 32.1 Å². The van der Waals surface area contributed by atoms with E-state index in [-0.39, 0.29) is 108 Å². The minimum absolute atomic E-state index is 0.00289. The van der Waals surface area contributed by atoms with Gasteiger partial charge in [-0.25, -0.2) is 9.97 Å². The van der Waals surface area contributed by atoms with E-state index >= 15 is 0 Å². The lowest BCUT2D eigenvalue weighted by atomic mass is 10.1. The molecule has 0 bridgehead atoms. The number of nitrogens with one attached hydrogen (secondary N) is 1. The molecule has 0 fully saturated rings. The van der Waals surface area contributed by atoms with Crippen molar-refractivity contribution in [3.05, 3.63) is 89.0 Å². The third-order valence-electron chi connectivity index (χ3n) is 11.4. The minimum atomic E-state index is -4.87. The van der Waals surface area contributed by atoms with Crippen molar-refractivity contribution in [3.63, 3.8) is 0 Å². The molecule has 6 N–H and O–H groups in total. The highest BCUT2D eigenvalue weighted by Crippen LogP contribution is 2.44. The van der Waals surface area contributed by atoms with Crippen LogP contribution in [0.1, 0.15) is 42.0 Å². The van der Waals surface area contributed by atoms with Crippen LogP contribution in [0.4, 0.5) is 39.3 Å². The number of aromatic nitrogens is 3. The first kappa shape index (κ1) is 66.9. The lowest BCUT2D eigenvalue weighted by Crippen LogP contribution is -2.08. The number of thioether (sulfide) groups is 1. The van der Waals surface area contributed by atoms with E-state index in [0.717, 1.165) is 41.3 Å². The van der Waals surface area contributed by atoms with Crippen LogP contribution in [0.3, 0.4) is 0 Å². The van der Waals surface area contributed by atoms with Crippen molar-refractivity contribution in [1.29, 1.82) is 5.26 Å². The van der Waals surface area contributed by atoms with Crippen LogP contribution in [0.5, 0.6) is 11.6 Å². The van der Waals surface area contributed by atoms with Gasteiger partial charge in [-0.3, -0.25) is 27.4 Å². The molecule has 0 aliphatic rings. The number of nitrogens with zero attached hydrogens (tertiary/aromatic N) is 10. The minimum Gasteiger partial charge on any atom is -0.493 e. The number of aryl methyl sites for hydroxylation is 2. The maximum atomic E-state index is 12.5. The van der Waals surface area contributed by atoms with Crippen LogP contribution in [0.25, 0.3) is 37.7 Å². The van der Waals surface area contributed by atoms with Gasteiger partial charge in [0.1, 0.15) is 33.5 Å². The summed E-state index contributed by atoms with van der Waals surface area (Å²) in [7, 11) is -24.4. The Labute approximate surface area is 497 Å². The SMILES string of the molecule is CC(=O)Nc1ccc2c(c1)nc1c(C#N)c(C)c(N=Nc3cc(C)c(N=Nc4cc(C)c(N=Nc5nc6c(S(=O)(=O)O)cc7ccc(S(=O)(=O)O)cc7c6s5)cc4SCCCS(=O)(=O)O)cc3OCCCS(=O)(=O)O)c(O)n12.O=S(=O)=O.O=S(=O)=O. The molecule has 3 heterocycles. The molecule has 86 heavy (non-hydrogen) atoms. The second-order valence-electron chi connectivity index (χ2n) is 17.5. The number of anilines is 1. The molecule has 0 radical (unpaired) electrons. The number of benzene rings is 5. The number of imidazole rings is 1. The van der Waals surface area contributed by atoms with Crippen LogP contribution in [-0.4, -0.2) is 126 Å². The highest BCUT2D eigenvalue weighted by Gasteiger charge is 2.24. The molecule has 32 nitrogen and oxygen atoms in total. The monoisotopic (exact) mass is 1340 g/mol. The van der Waals surface area contributed by atoms with Gasteiger partial charge in [0.15, 0.2) is 11.3 Å². The molecular weight excluding hydrogens is 1300 g/mol. The van der Waals surface area contributed by atoms with Crippen LogP contribution >= 0.6 is 23.1 Å². The number of azo groups is 3. The normalized spacial score (nSPS) is 12.2. The molecular formula is C46H41N11O21S8. The van der Waals surface area contributed by atoms with Crippen LogP contribution in [0.15, 0.2) is 112 Å². The van der Waals surface area contributed by atoms with Crippen molar-refractivity contribution < 1.29 is 91.8 Å². The number of carbonyl (C=O) groups is 1. The summed E-state index contributed by atoms with van der Waals surface area (Å²) in [5, 5.41) is 51.1. The fraction of sp³-hybridized carbons (Fsp3) is 0.217. The molecule has 0 aliphatic carbocycles. The maximum Gasteiger partial charge on any atom is 0.425 e. The Hall–Kier alpha value is -8.21. The van der Waals surface area contributed by atoms with Gasteiger partial charge in [0.05, 0.1) is 55.8 Å². The van der Waals surface area contributed by atoms with Gasteiger partial charge < -0.3 is 15.2 Å². The van der Waals surface area contributed by atoms with E-state index in [1.54, 1.807) is 44.2 Å². The van der Waals surface area contributed by atoms with Crippen molar-refractivity contribution in [2.45, 2.75) is 55.2 Å². The summed E-state index contributed by atoms with van der Waals surface area (Å²) < 4.78 is 192. The van der Waals surface area contributed by atoms with Gasteiger partial charge in [-0.15, -0.1) is 62.6 Å². The van der Waals surface area contributed by atoms with E-state index in [0.29, 0.717) is 32.7 Å². The van der Waals surface area contributed by atoms with Crippen molar-refractivity contribution in [2.75, 3.05) is 29.2 Å². The average molecular weight is 1340 g/mol. The molecule has 0 saturated carbocycles. The first-order valence-electron chi connectivity index (χ1n) is 23.5. The van der Waals surface area contributed by atoms with Crippen LogP contribution < -0.4 is 10.1 Å². The van der Waals surface area contributed by atoms with E-state index < -0.39 is 88.9 Å². The van der Waals surface area contributed by atoms with Crippen molar-refractivity contribution >= 4 is 168 Å². The summed E-state index contributed by atoms with van der Waals surface area (Å²) in [6.07, 6.45) is -0.143. The van der Waals surface area contributed by atoms with Gasteiger partial charge in [-0.2, -0.15) is 44.0 Å². The van der Waals surface area contributed by atoms with Crippen molar-refractivity contribution in [1.82, 2.24) is 14.4 Å².